The molecule has 0 N–H and O–H groups in total. The minimum Gasteiger partial charge on any atom is -0.459 e. The molecule has 1 aromatic carbocycles. The van der Waals surface area contributed by atoms with Crippen LogP contribution in [0.2, 0.25) is 0 Å². The maximum Gasteiger partial charge on any atom is 0.433 e. The van der Waals surface area contributed by atoms with Crippen LogP contribution in [0.1, 0.15) is 73.7 Å². The Morgan fingerprint density at radius 3 is 2.22 bits per heavy atom. The number of ether oxygens (including phenoxy) is 1. The predicted molar refractivity (Wildman–Crippen MR) is 98.1 cm³/mol. The molecular weight excluding hydrogens is 355 g/mol. The summed E-state index contributed by atoms with van der Waals surface area (Å²) < 4.78 is 44.5. The molecule has 1 spiro atoms. The highest BCUT2D eigenvalue weighted by Crippen LogP contribution is 2.48. The zero-order valence-corrected chi connectivity index (χ0v) is 15.6. The van der Waals surface area contributed by atoms with Gasteiger partial charge >= 0.3 is 12.1 Å². The second-order valence-corrected chi connectivity index (χ2v) is 7.83. The molecule has 1 atom stereocenters. The Morgan fingerprint density at radius 2 is 1.63 bits per heavy atom. The summed E-state index contributed by atoms with van der Waals surface area (Å²) in [7, 11) is 1.11. The number of hydrogen-bond acceptors (Lipinski definition) is 3. The number of hydrogen-bond donors (Lipinski definition) is 0. The van der Waals surface area contributed by atoms with Crippen molar-refractivity contribution in [1.29, 1.82) is 0 Å². The average molecular weight is 381 g/mol. The van der Waals surface area contributed by atoms with E-state index in [1.165, 1.54) is 62.8 Å². The average Bonchev–Trinajstić information content (AvgIpc) is 2.62. The van der Waals surface area contributed by atoms with E-state index in [-0.39, 0.29) is 17.2 Å². The maximum absolute atomic E-state index is 12.9. The van der Waals surface area contributed by atoms with Crippen LogP contribution in [0, 0.1) is 5.41 Å². The molecule has 3 nitrogen and oxygen atoms in total. The summed E-state index contributed by atoms with van der Waals surface area (Å²) in [6.07, 6.45) is 5.68. The minimum absolute atomic E-state index is 0.0552. The molecule has 1 aromatic rings. The highest BCUT2D eigenvalue weighted by atomic mass is 19.4. The number of halogens is 3. The summed E-state index contributed by atoms with van der Waals surface area (Å²) in [6.45, 7) is 0. The van der Waals surface area contributed by atoms with E-state index in [0.29, 0.717) is 5.41 Å². The van der Waals surface area contributed by atoms with Crippen molar-refractivity contribution in [3.05, 3.63) is 35.4 Å². The molecule has 0 saturated heterocycles. The molecule has 0 aromatic heterocycles. The summed E-state index contributed by atoms with van der Waals surface area (Å²) in [4.78, 5) is 15.8. The van der Waals surface area contributed by atoms with Gasteiger partial charge in [0.25, 0.3) is 0 Å². The van der Waals surface area contributed by atoms with E-state index in [0.717, 1.165) is 26.3 Å². The number of carbonyl (C=O) groups excluding carboxylic acids is 1. The second kappa shape index (κ2) is 8.03. The van der Waals surface area contributed by atoms with Gasteiger partial charge in [-0.1, -0.05) is 31.4 Å². The SMILES string of the molecule is C/N=C(/c1ccc(C(=O)OC2CCCC3(CCCCC3)C2)cc1)C(F)(F)F. The lowest BCUT2D eigenvalue weighted by atomic mass is 9.65. The predicted octanol–water partition coefficient (Wildman–Crippen LogP) is 5.72. The van der Waals surface area contributed by atoms with Crippen LogP contribution in [0.5, 0.6) is 0 Å². The van der Waals surface area contributed by atoms with Gasteiger partial charge in [-0.3, -0.25) is 4.99 Å². The fourth-order valence-electron chi connectivity index (χ4n) is 4.65. The van der Waals surface area contributed by atoms with E-state index >= 15 is 0 Å². The van der Waals surface area contributed by atoms with Gasteiger partial charge in [-0.05, 0) is 56.1 Å². The van der Waals surface area contributed by atoms with Gasteiger partial charge in [0.05, 0.1) is 5.56 Å². The molecule has 2 aliphatic rings. The van der Waals surface area contributed by atoms with Crippen LogP contribution in [0.15, 0.2) is 29.3 Å². The van der Waals surface area contributed by atoms with E-state index < -0.39 is 17.9 Å². The molecule has 2 fully saturated rings. The number of nitrogens with zero attached hydrogens (tertiary/aromatic N) is 1. The molecule has 0 heterocycles. The Kier molecular flexibility index (Phi) is 5.92. The van der Waals surface area contributed by atoms with E-state index in [1.807, 2.05) is 0 Å². The molecular formula is C21H26F3NO2. The highest BCUT2D eigenvalue weighted by Gasteiger charge is 2.39. The molecule has 148 valence electrons. The number of aliphatic imine (C=N–C) groups is 1. The fourth-order valence-corrected chi connectivity index (χ4v) is 4.65. The molecule has 27 heavy (non-hydrogen) atoms. The lowest BCUT2D eigenvalue weighted by molar-refractivity contribution is -0.0581. The van der Waals surface area contributed by atoms with Crippen LogP contribution >= 0.6 is 0 Å². The monoisotopic (exact) mass is 381 g/mol. The zero-order valence-electron chi connectivity index (χ0n) is 15.6. The first-order valence-corrected chi connectivity index (χ1v) is 9.68. The Balaban J connectivity index is 1.64. The van der Waals surface area contributed by atoms with Crippen molar-refractivity contribution in [2.24, 2.45) is 10.4 Å². The lowest BCUT2D eigenvalue weighted by Gasteiger charge is -2.43. The summed E-state index contributed by atoms with van der Waals surface area (Å²) >= 11 is 0. The molecule has 3 rings (SSSR count). The Hall–Kier alpha value is -1.85. The Morgan fingerprint density at radius 1 is 1.04 bits per heavy atom. The molecule has 0 radical (unpaired) electrons. The first-order valence-electron chi connectivity index (χ1n) is 9.68. The lowest BCUT2D eigenvalue weighted by Crippen LogP contribution is -2.35. The van der Waals surface area contributed by atoms with Crippen molar-refractivity contribution < 1.29 is 22.7 Å². The zero-order chi connectivity index (χ0) is 19.5. The van der Waals surface area contributed by atoms with Gasteiger partial charge in [-0.2, -0.15) is 13.2 Å². The van der Waals surface area contributed by atoms with E-state index in [9.17, 15) is 18.0 Å². The Labute approximate surface area is 158 Å². The van der Waals surface area contributed by atoms with Gasteiger partial charge in [0.15, 0.2) is 0 Å². The molecule has 1 unspecified atom stereocenters. The smallest absolute Gasteiger partial charge is 0.433 e. The van der Waals surface area contributed by atoms with Crippen LogP contribution in [0.3, 0.4) is 0 Å². The molecule has 0 aliphatic heterocycles. The summed E-state index contributed by atoms with van der Waals surface area (Å²) in [5.74, 6) is -0.457. The summed E-state index contributed by atoms with van der Waals surface area (Å²) in [5.41, 5.74) is -0.404. The van der Waals surface area contributed by atoms with Crippen molar-refractivity contribution >= 4 is 11.7 Å². The van der Waals surface area contributed by atoms with E-state index in [2.05, 4.69) is 4.99 Å². The van der Waals surface area contributed by atoms with Gasteiger partial charge in [-0.25, -0.2) is 4.79 Å². The van der Waals surface area contributed by atoms with Gasteiger partial charge in [0, 0.05) is 12.6 Å². The van der Waals surface area contributed by atoms with Crippen molar-refractivity contribution in [3.8, 4) is 0 Å². The number of carbonyl (C=O) groups is 1. The molecule has 6 heteroatoms. The quantitative estimate of drug-likeness (QED) is 0.496. The van der Waals surface area contributed by atoms with Gasteiger partial charge in [0.2, 0.25) is 0 Å². The third-order valence-electron chi connectivity index (χ3n) is 5.97. The van der Waals surface area contributed by atoms with Gasteiger partial charge in [-0.15, -0.1) is 0 Å². The van der Waals surface area contributed by atoms with E-state index in [1.54, 1.807) is 0 Å². The first-order chi connectivity index (χ1) is 12.8. The third kappa shape index (κ3) is 4.71. The van der Waals surface area contributed by atoms with Crippen LogP contribution < -0.4 is 0 Å². The second-order valence-electron chi connectivity index (χ2n) is 7.83. The summed E-state index contributed by atoms with van der Waals surface area (Å²) in [6, 6.07) is 5.31. The van der Waals surface area contributed by atoms with Gasteiger partial charge in [0.1, 0.15) is 11.8 Å². The first kappa shape index (κ1) is 19.9. The van der Waals surface area contributed by atoms with Crippen LogP contribution in [-0.2, 0) is 4.74 Å². The molecule has 0 bridgehead atoms. The largest absolute Gasteiger partial charge is 0.459 e. The van der Waals surface area contributed by atoms with Crippen molar-refractivity contribution in [2.45, 2.75) is 70.1 Å². The topological polar surface area (TPSA) is 38.7 Å². The number of rotatable bonds is 3. The van der Waals surface area contributed by atoms with Crippen molar-refractivity contribution in [2.75, 3.05) is 7.05 Å². The standard InChI is InChI=1S/C21H26F3NO2/c1-25-18(21(22,23)24)15-7-9-16(10-8-15)19(26)27-17-6-5-13-20(14-17)11-3-2-4-12-20/h7-10,17H,2-6,11-14H2,1H3/b25-18-. The molecule has 2 aliphatic carbocycles. The van der Waals surface area contributed by atoms with Crippen molar-refractivity contribution in [3.63, 3.8) is 0 Å². The molecule has 2 saturated carbocycles. The third-order valence-corrected chi connectivity index (χ3v) is 5.97. The maximum atomic E-state index is 12.9. The molecule has 0 amide bonds. The highest BCUT2D eigenvalue weighted by molar-refractivity contribution is 6.05. The van der Waals surface area contributed by atoms with Gasteiger partial charge < -0.3 is 4.74 Å². The number of benzene rings is 1. The normalized spacial score (nSPS) is 23.3. The van der Waals surface area contributed by atoms with Crippen LogP contribution in [-0.4, -0.2) is 31.0 Å². The minimum atomic E-state index is -4.52. The number of alkyl halides is 3. The fraction of sp³-hybridized carbons (Fsp3) is 0.619. The van der Waals surface area contributed by atoms with Crippen molar-refractivity contribution in [1.82, 2.24) is 0 Å². The van der Waals surface area contributed by atoms with Crippen LogP contribution in [0.4, 0.5) is 13.2 Å². The van der Waals surface area contributed by atoms with Crippen LogP contribution in [0.25, 0.3) is 0 Å². The van der Waals surface area contributed by atoms with E-state index in [4.69, 9.17) is 4.74 Å². The Bertz CT molecular complexity index is 683. The number of esters is 1. The summed E-state index contributed by atoms with van der Waals surface area (Å²) in [5, 5.41) is 0.